The number of hydrogen-bond acceptors (Lipinski definition) is 3. The summed E-state index contributed by atoms with van der Waals surface area (Å²) in [7, 11) is 1.64. The molecule has 0 saturated carbocycles. The normalized spacial score (nSPS) is 10.0. The molecule has 0 spiro atoms. The lowest BCUT2D eigenvalue weighted by atomic mass is 10.3. The molecular weight excluding hydrogens is 285 g/mol. The third-order valence-electron chi connectivity index (χ3n) is 1.48. The van der Waals surface area contributed by atoms with Crippen molar-refractivity contribution in [3.63, 3.8) is 0 Å². The Labute approximate surface area is 93.0 Å². The summed E-state index contributed by atoms with van der Waals surface area (Å²) in [6, 6.07) is 0. The summed E-state index contributed by atoms with van der Waals surface area (Å²) >= 11 is 1.86. The Morgan fingerprint density at radius 2 is 2.00 bits per heavy atom. The van der Waals surface area contributed by atoms with Gasteiger partial charge in [0.2, 0.25) is 5.91 Å². The number of nitrogens with one attached hydrogen (secondary N) is 1. The molecule has 0 aliphatic carbocycles. The molecule has 0 saturated heterocycles. The van der Waals surface area contributed by atoms with Gasteiger partial charge in [-0.3, -0.25) is 4.79 Å². The highest BCUT2D eigenvalue weighted by atomic mass is 127. The van der Waals surface area contributed by atoms with E-state index in [1.807, 2.05) is 23.0 Å². The fourth-order valence-corrected chi connectivity index (χ4v) is 1.09. The van der Waals surface area contributed by atoms with E-state index < -0.39 is 0 Å². The Balaban J connectivity index is 2.95. The van der Waals surface area contributed by atoms with E-state index >= 15 is 0 Å². The molecule has 78 valence electrons. The van der Waals surface area contributed by atoms with Crippen LogP contribution in [0.3, 0.4) is 0 Å². The van der Waals surface area contributed by atoms with Crippen LogP contribution in [-0.4, -0.2) is 32.8 Å². The SMILES string of the molecule is CNC(=O)CCCOCCCOI. The van der Waals surface area contributed by atoms with Gasteiger partial charge in [-0.25, -0.2) is 0 Å². The third-order valence-corrected chi connectivity index (χ3v) is 1.92. The molecule has 0 aromatic heterocycles. The monoisotopic (exact) mass is 301 g/mol. The Kier molecular flexibility index (Phi) is 10.3. The highest BCUT2D eigenvalue weighted by molar-refractivity contribution is 14.1. The third kappa shape index (κ3) is 10.0. The summed E-state index contributed by atoms with van der Waals surface area (Å²) in [5, 5.41) is 2.56. The fraction of sp³-hybridized carbons (Fsp3) is 0.875. The molecule has 0 aromatic carbocycles. The van der Waals surface area contributed by atoms with Gasteiger partial charge in [0.05, 0.1) is 6.61 Å². The van der Waals surface area contributed by atoms with E-state index in [9.17, 15) is 4.79 Å². The standard InChI is InChI=1S/C8H16INO3/c1-10-8(11)4-2-5-12-6-3-7-13-9/h2-7H2,1H3,(H,10,11). The Hall–Kier alpha value is 0.120. The van der Waals surface area contributed by atoms with Crippen molar-refractivity contribution in [1.82, 2.24) is 5.32 Å². The molecule has 4 nitrogen and oxygen atoms in total. The van der Waals surface area contributed by atoms with Gasteiger partial charge in [0.25, 0.3) is 0 Å². The van der Waals surface area contributed by atoms with Gasteiger partial charge < -0.3 is 13.1 Å². The minimum atomic E-state index is 0.0687. The first-order valence-electron chi connectivity index (χ1n) is 4.33. The van der Waals surface area contributed by atoms with Gasteiger partial charge in [-0.2, -0.15) is 0 Å². The maximum atomic E-state index is 10.8. The molecule has 1 N–H and O–H groups in total. The quantitative estimate of drug-likeness (QED) is 0.543. The van der Waals surface area contributed by atoms with Gasteiger partial charge >= 0.3 is 0 Å². The van der Waals surface area contributed by atoms with Crippen LogP contribution in [0.5, 0.6) is 0 Å². The van der Waals surface area contributed by atoms with Crippen molar-refractivity contribution in [3.8, 4) is 0 Å². The van der Waals surface area contributed by atoms with E-state index in [1.54, 1.807) is 7.05 Å². The molecule has 1 amide bonds. The van der Waals surface area contributed by atoms with Crippen LogP contribution in [-0.2, 0) is 12.6 Å². The van der Waals surface area contributed by atoms with E-state index in [0.717, 1.165) is 19.4 Å². The lowest BCUT2D eigenvalue weighted by molar-refractivity contribution is -0.120. The molecule has 0 aromatic rings. The zero-order valence-electron chi connectivity index (χ0n) is 7.85. The van der Waals surface area contributed by atoms with Gasteiger partial charge in [0, 0.05) is 26.7 Å². The zero-order chi connectivity index (χ0) is 9.94. The number of hydrogen-bond donors (Lipinski definition) is 1. The number of rotatable bonds is 8. The first-order chi connectivity index (χ1) is 6.31. The lowest BCUT2D eigenvalue weighted by Gasteiger charge is -2.02. The van der Waals surface area contributed by atoms with Crippen LogP contribution in [0, 0.1) is 0 Å². The Morgan fingerprint density at radius 1 is 1.31 bits per heavy atom. The van der Waals surface area contributed by atoms with Gasteiger partial charge in [-0.05, 0) is 12.8 Å². The second kappa shape index (κ2) is 10.2. The van der Waals surface area contributed by atoms with Crippen molar-refractivity contribution in [3.05, 3.63) is 0 Å². The van der Waals surface area contributed by atoms with E-state index in [2.05, 4.69) is 5.32 Å². The van der Waals surface area contributed by atoms with Crippen LogP contribution in [0.25, 0.3) is 0 Å². The summed E-state index contributed by atoms with van der Waals surface area (Å²) < 4.78 is 10.1. The maximum Gasteiger partial charge on any atom is 0.219 e. The minimum Gasteiger partial charge on any atom is -0.381 e. The summed E-state index contributed by atoms with van der Waals surface area (Å²) in [4.78, 5) is 10.8. The largest absolute Gasteiger partial charge is 0.381 e. The zero-order valence-corrected chi connectivity index (χ0v) is 10.0. The molecule has 13 heavy (non-hydrogen) atoms. The number of halogens is 1. The number of amides is 1. The van der Waals surface area contributed by atoms with Crippen molar-refractivity contribution in [1.29, 1.82) is 0 Å². The molecule has 5 heteroatoms. The van der Waals surface area contributed by atoms with Gasteiger partial charge in [-0.1, -0.05) is 0 Å². The van der Waals surface area contributed by atoms with Crippen molar-refractivity contribution in [2.24, 2.45) is 0 Å². The lowest BCUT2D eigenvalue weighted by Crippen LogP contribution is -2.17. The smallest absolute Gasteiger partial charge is 0.219 e. The molecule has 0 aliphatic heterocycles. The molecule has 0 bridgehead atoms. The average Bonchev–Trinajstić information content (AvgIpc) is 2.16. The first kappa shape index (κ1) is 13.1. The highest BCUT2D eigenvalue weighted by Gasteiger charge is 1.96. The van der Waals surface area contributed by atoms with E-state index in [1.165, 1.54) is 0 Å². The summed E-state index contributed by atoms with van der Waals surface area (Å²) in [6.45, 7) is 2.07. The number of carbonyl (C=O) groups excluding carboxylic acids is 1. The molecule has 0 aliphatic rings. The number of carbonyl (C=O) groups is 1. The molecule has 0 atom stereocenters. The molecule has 0 fully saturated rings. The van der Waals surface area contributed by atoms with Crippen LogP contribution >= 0.6 is 23.0 Å². The summed E-state index contributed by atoms with van der Waals surface area (Å²) in [6.07, 6.45) is 2.23. The predicted octanol–water partition coefficient (Wildman–Crippen LogP) is 1.29. The minimum absolute atomic E-state index is 0.0687. The van der Waals surface area contributed by atoms with E-state index in [-0.39, 0.29) is 5.91 Å². The van der Waals surface area contributed by atoms with Crippen LogP contribution in [0.15, 0.2) is 0 Å². The van der Waals surface area contributed by atoms with E-state index in [4.69, 9.17) is 7.80 Å². The van der Waals surface area contributed by atoms with Crippen LogP contribution < -0.4 is 5.32 Å². The van der Waals surface area contributed by atoms with Crippen molar-refractivity contribution < 1.29 is 12.6 Å². The second-order valence-electron chi connectivity index (χ2n) is 2.56. The molecule has 0 radical (unpaired) electrons. The Morgan fingerprint density at radius 3 is 2.62 bits per heavy atom. The van der Waals surface area contributed by atoms with Crippen LogP contribution in [0.2, 0.25) is 0 Å². The second-order valence-corrected chi connectivity index (χ2v) is 3.18. The molecular formula is C8H16INO3. The summed E-state index contributed by atoms with van der Waals surface area (Å²) in [5.74, 6) is 0.0687. The topological polar surface area (TPSA) is 47.6 Å². The first-order valence-corrected chi connectivity index (χ1v) is 5.21. The molecule has 0 rings (SSSR count). The van der Waals surface area contributed by atoms with Crippen LogP contribution in [0.4, 0.5) is 0 Å². The van der Waals surface area contributed by atoms with Crippen molar-refractivity contribution in [2.45, 2.75) is 19.3 Å². The Bertz CT molecular complexity index is 133. The van der Waals surface area contributed by atoms with Crippen molar-refractivity contribution in [2.75, 3.05) is 26.9 Å². The molecule has 0 heterocycles. The van der Waals surface area contributed by atoms with E-state index in [0.29, 0.717) is 19.6 Å². The maximum absolute atomic E-state index is 10.8. The fourth-order valence-electron chi connectivity index (χ4n) is 0.777. The average molecular weight is 301 g/mol. The highest BCUT2D eigenvalue weighted by Crippen LogP contribution is 1.93. The predicted molar refractivity (Wildman–Crippen MR) is 58.7 cm³/mol. The molecule has 0 unspecified atom stereocenters. The van der Waals surface area contributed by atoms with Gasteiger partial charge in [-0.15, -0.1) is 0 Å². The van der Waals surface area contributed by atoms with Crippen molar-refractivity contribution >= 4 is 28.9 Å². The van der Waals surface area contributed by atoms with Crippen LogP contribution in [0.1, 0.15) is 19.3 Å². The number of ether oxygens (including phenoxy) is 1. The van der Waals surface area contributed by atoms with Gasteiger partial charge in [0.1, 0.15) is 23.0 Å². The van der Waals surface area contributed by atoms with Gasteiger partial charge in [0.15, 0.2) is 0 Å². The summed E-state index contributed by atoms with van der Waals surface area (Å²) in [5.41, 5.74) is 0.